The van der Waals surface area contributed by atoms with E-state index in [9.17, 15) is 4.79 Å². The van der Waals surface area contributed by atoms with Crippen molar-refractivity contribution in [3.05, 3.63) is 16.1 Å². The molecule has 5 heteroatoms. The van der Waals surface area contributed by atoms with Crippen molar-refractivity contribution in [1.82, 2.24) is 15.2 Å². The number of nitrogens with zero attached hydrogens (tertiary/aromatic N) is 2. The fourth-order valence-electron chi connectivity index (χ4n) is 3.53. The molecular weight excluding hydrogens is 270 g/mol. The van der Waals surface area contributed by atoms with Crippen molar-refractivity contribution < 1.29 is 4.79 Å². The lowest BCUT2D eigenvalue weighted by atomic mass is 10.0. The maximum Gasteiger partial charge on any atom is 0.223 e. The zero-order chi connectivity index (χ0) is 13.7. The van der Waals surface area contributed by atoms with Gasteiger partial charge in [0.25, 0.3) is 0 Å². The molecule has 1 aromatic heterocycles. The summed E-state index contributed by atoms with van der Waals surface area (Å²) >= 11 is 1.72. The van der Waals surface area contributed by atoms with Gasteiger partial charge < -0.3 is 5.32 Å². The first-order valence-electron chi connectivity index (χ1n) is 7.58. The smallest absolute Gasteiger partial charge is 0.223 e. The predicted molar refractivity (Wildman–Crippen MR) is 78.4 cm³/mol. The van der Waals surface area contributed by atoms with Crippen molar-refractivity contribution in [2.24, 2.45) is 11.3 Å². The van der Waals surface area contributed by atoms with Crippen LogP contribution in [-0.4, -0.2) is 34.9 Å². The van der Waals surface area contributed by atoms with Gasteiger partial charge in [0.15, 0.2) is 0 Å². The number of carbonyl (C=O) groups is 1. The van der Waals surface area contributed by atoms with Crippen LogP contribution >= 0.6 is 11.3 Å². The summed E-state index contributed by atoms with van der Waals surface area (Å²) in [5.74, 6) is 0.601. The van der Waals surface area contributed by atoms with Gasteiger partial charge in [-0.3, -0.25) is 9.69 Å². The van der Waals surface area contributed by atoms with E-state index in [2.05, 4.69) is 27.5 Å². The number of amides is 1. The molecule has 0 aromatic carbocycles. The molecule has 1 N–H and O–H groups in total. The maximum absolute atomic E-state index is 12.1. The van der Waals surface area contributed by atoms with Crippen molar-refractivity contribution in [3.8, 4) is 0 Å². The molecule has 1 saturated heterocycles. The molecule has 0 unspecified atom stereocenters. The van der Waals surface area contributed by atoms with Gasteiger partial charge in [0, 0.05) is 30.4 Å². The normalized spacial score (nSPS) is 32.8. The Morgan fingerprint density at radius 3 is 3.15 bits per heavy atom. The second-order valence-electron chi connectivity index (χ2n) is 6.72. The van der Waals surface area contributed by atoms with Crippen LogP contribution in [0, 0.1) is 18.3 Å². The zero-order valence-corrected chi connectivity index (χ0v) is 12.7. The van der Waals surface area contributed by atoms with Crippen LogP contribution in [0.3, 0.4) is 0 Å². The lowest BCUT2D eigenvalue weighted by molar-refractivity contribution is -0.123. The van der Waals surface area contributed by atoms with E-state index in [0.717, 1.165) is 31.1 Å². The molecule has 3 fully saturated rings. The van der Waals surface area contributed by atoms with Gasteiger partial charge in [0.1, 0.15) is 0 Å². The third kappa shape index (κ3) is 2.37. The Morgan fingerprint density at radius 2 is 2.45 bits per heavy atom. The molecule has 4 rings (SSSR count). The van der Waals surface area contributed by atoms with E-state index in [4.69, 9.17) is 0 Å². The van der Waals surface area contributed by atoms with E-state index < -0.39 is 0 Å². The highest BCUT2D eigenvalue weighted by atomic mass is 32.1. The number of aromatic nitrogens is 1. The second-order valence-corrected chi connectivity index (χ2v) is 7.78. The van der Waals surface area contributed by atoms with Crippen LogP contribution in [0.15, 0.2) is 5.38 Å². The van der Waals surface area contributed by atoms with Crippen LogP contribution in [-0.2, 0) is 11.3 Å². The number of rotatable bonds is 4. The maximum atomic E-state index is 12.1. The fraction of sp³-hybridized carbons (Fsp3) is 0.733. The van der Waals surface area contributed by atoms with Crippen molar-refractivity contribution in [1.29, 1.82) is 0 Å². The van der Waals surface area contributed by atoms with E-state index in [0.29, 0.717) is 17.4 Å². The Labute approximate surface area is 123 Å². The van der Waals surface area contributed by atoms with E-state index in [1.165, 1.54) is 25.0 Å². The number of thiazole rings is 1. The van der Waals surface area contributed by atoms with E-state index >= 15 is 0 Å². The van der Waals surface area contributed by atoms with Crippen molar-refractivity contribution in [2.45, 2.75) is 45.2 Å². The second kappa shape index (κ2) is 4.53. The van der Waals surface area contributed by atoms with Gasteiger partial charge in [-0.05, 0) is 44.6 Å². The molecule has 2 atom stereocenters. The number of likely N-dealkylation sites (tertiary alicyclic amines) is 1. The SMILES string of the molecule is Cc1nc(CN2CC[C@@]3(C[C@@H]3C(=O)NC3CC3)C2)cs1. The first kappa shape index (κ1) is 12.8. The molecule has 0 bridgehead atoms. The van der Waals surface area contributed by atoms with Gasteiger partial charge in [-0.2, -0.15) is 0 Å². The summed E-state index contributed by atoms with van der Waals surface area (Å²) in [6, 6.07) is 0.496. The summed E-state index contributed by atoms with van der Waals surface area (Å²) in [4.78, 5) is 19.2. The monoisotopic (exact) mass is 291 g/mol. The number of nitrogens with one attached hydrogen (secondary N) is 1. The summed E-state index contributed by atoms with van der Waals surface area (Å²) in [7, 11) is 0. The number of hydrogen-bond acceptors (Lipinski definition) is 4. The van der Waals surface area contributed by atoms with Crippen molar-refractivity contribution in [3.63, 3.8) is 0 Å². The molecule has 108 valence electrons. The highest BCUT2D eigenvalue weighted by Crippen LogP contribution is 2.58. The van der Waals surface area contributed by atoms with E-state index in [-0.39, 0.29) is 5.92 Å². The highest BCUT2D eigenvalue weighted by molar-refractivity contribution is 7.09. The highest BCUT2D eigenvalue weighted by Gasteiger charge is 2.60. The first-order valence-corrected chi connectivity index (χ1v) is 8.46. The number of aryl methyl sites for hydroxylation is 1. The first-order chi connectivity index (χ1) is 9.64. The molecule has 1 aromatic rings. The van der Waals surface area contributed by atoms with Gasteiger partial charge in [0.2, 0.25) is 5.91 Å². The van der Waals surface area contributed by atoms with Crippen LogP contribution < -0.4 is 5.32 Å². The summed E-state index contributed by atoms with van der Waals surface area (Å²) in [5, 5.41) is 6.46. The fourth-order valence-corrected chi connectivity index (χ4v) is 4.13. The molecule has 2 saturated carbocycles. The molecule has 3 aliphatic rings. The van der Waals surface area contributed by atoms with Gasteiger partial charge in [-0.15, -0.1) is 11.3 Å². The topological polar surface area (TPSA) is 45.2 Å². The van der Waals surface area contributed by atoms with Crippen LogP contribution in [0.4, 0.5) is 0 Å². The minimum Gasteiger partial charge on any atom is -0.353 e. The Hall–Kier alpha value is -0.940. The lowest BCUT2D eigenvalue weighted by Gasteiger charge is -2.14. The van der Waals surface area contributed by atoms with Crippen molar-refractivity contribution >= 4 is 17.2 Å². The largest absolute Gasteiger partial charge is 0.353 e. The van der Waals surface area contributed by atoms with Gasteiger partial charge in [0.05, 0.1) is 10.7 Å². The van der Waals surface area contributed by atoms with E-state index in [1.807, 2.05) is 0 Å². The average molecular weight is 291 g/mol. The van der Waals surface area contributed by atoms with Crippen LogP contribution in [0.25, 0.3) is 0 Å². The number of carbonyl (C=O) groups excluding carboxylic acids is 1. The lowest BCUT2D eigenvalue weighted by Crippen LogP contribution is -2.30. The molecular formula is C15H21N3OS. The third-order valence-electron chi connectivity index (χ3n) is 4.95. The summed E-state index contributed by atoms with van der Waals surface area (Å²) in [5.41, 5.74) is 1.48. The summed E-state index contributed by atoms with van der Waals surface area (Å²) < 4.78 is 0. The van der Waals surface area contributed by atoms with Crippen LogP contribution in [0.2, 0.25) is 0 Å². The zero-order valence-electron chi connectivity index (χ0n) is 11.9. The van der Waals surface area contributed by atoms with Crippen molar-refractivity contribution in [2.75, 3.05) is 13.1 Å². The predicted octanol–water partition coefficient (Wildman–Crippen LogP) is 1.94. The van der Waals surface area contributed by atoms with Gasteiger partial charge in [-0.1, -0.05) is 0 Å². The molecule has 2 aliphatic carbocycles. The Morgan fingerprint density at radius 1 is 1.60 bits per heavy atom. The third-order valence-corrected chi connectivity index (χ3v) is 5.77. The van der Waals surface area contributed by atoms with E-state index in [1.54, 1.807) is 11.3 Å². The minimum atomic E-state index is 0.283. The van der Waals surface area contributed by atoms with Gasteiger partial charge >= 0.3 is 0 Å². The summed E-state index contributed by atoms with van der Waals surface area (Å²) in [6.07, 6.45) is 4.64. The van der Waals surface area contributed by atoms with Crippen LogP contribution in [0.1, 0.15) is 36.4 Å². The van der Waals surface area contributed by atoms with Gasteiger partial charge in [-0.25, -0.2) is 4.98 Å². The average Bonchev–Trinajstić information content (AvgIpc) is 3.25. The summed E-state index contributed by atoms with van der Waals surface area (Å²) in [6.45, 7) is 5.19. The molecule has 20 heavy (non-hydrogen) atoms. The molecule has 4 nitrogen and oxygen atoms in total. The Bertz CT molecular complexity index is 539. The molecule has 0 radical (unpaired) electrons. The standard InChI is InChI=1S/C15H21N3OS/c1-10-16-12(8-20-10)7-18-5-4-15(9-18)6-13(15)14(19)17-11-2-3-11/h8,11,13H,2-7,9H2,1H3,(H,17,19)/t13-,15-/m1/s1. The molecule has 1 spiro atoms. The molecule has 1 amide bonds. The molecule has 2 heterocycles. The number of hydrogen-bond donors (Lipinski definition) is 1. The Kier molecular flexibility index (Phi) is 2.89. The Balaban J connectivity index is 1.33. The quantitative estimate of drug-likeness (QED) is 0.922. The van der Waals surface area contributed by atoms with Crippen LogP contribution in [0.5, 0.6) is 0 Å². The molecule has 1 aliphatic heterocycles. The minimum absolute atomic E-state index is 0.283.